The van der Waals surface area contributed by atoms with Gasteiger partial charge >= 0.3 is 0 Å². The fourth-order valence-corrected chi connectivity index (χ4v) is 2.70. The van der Waals surface area contributed by atoms with E-state index in [4.69, 9.17) is 39.5 Å². The van der Waals surface area contributed by atoms with Crippen molar-refractivity contribution in [1.29, 1.82) is 0 Å². The van der Waals surface area contributed by atoms with Gasteiger partial charge in [-0.15, -0.1) is 0 Å². The van der Waals surface area contributed by atoms with Crippen LogP contribution in [0, 0.1) is 0 Å². The molecule has 2 N–H and O–H groups in total. The fraction of sp³-hybridized carbons (Fsp3) is 0.462. The highest BCUT2D eigenvalue weighted by Crippen LogP contribution is 2.31. The van der Waals surface area contributed by atoms with Crippen molar-refractivity contribution < 1.29 is 14.6 Å². The third-order valence-corrected chi connectivity index (χ3v) is 4.39. The van der Waals surface area contributed by atoms with Crippen molar-refractivity contribution in [2.24, 2.45) is 0 Å². The van der Waals surface area contributed by atoms with E-state index in [-0.39, 0.29) is 27.2 Å². The zero-order valence-corrected chi connectivity index (χ0v) is 12.9. The molecule has 0 saturated carbocycles. The van der Waals surface area contributed by atoms with Crippen molar-refractivity contribution in [1.82, 2.24) is 5.32 Å². The van der Waals surface area contributed by atoms with E-state index in [9.17, 15) is 9.90 Å². The van der Waals surface area contributed by atoms with E-state index >= 15 is 0 Å². The van der Waals surface area contributed by atoms with Gasteiger partial charge in [0.15, 0.2) is 0 Å². The van der Waals surface area contributed by atoms with E-state index in [0.29, 0.717) is 26.1 Å². The molecule has 0 unspecified atom stereocenters. The van der Waals surface area contributed by atoms with Crippen molar-refractivity contribution in [3.63, 3.8) is 0 Å². The summed E-state index contributed by atoms with van der Waals surface area (Å²) in [7, 11) is 0. The number of carbonyl (C=O) groups is 1. The third kappa shape index (κ3) is 3.57. The number of nitrogens with one attached hydrogen (secondary N) is 1. The van der Waals surface area contributed by atoms with Crippen LogP contribution in [0.25, 0.3) is 0 Å². The van der Waals surface area contributed by atoms with Crippen LogP contribution in [-0.4, -0.2) is 36.4 Å². The van der Waals surface area contributed by atoms with Crippen LogP contribution in [0.5, 0.6) is 0 Å². The molecule has 1 aliphatic heterocycles. The minimum atomic E-state index is -0.953. The molecule has 20 heavy (non-hydrogen) atoms. The third-order valence-electron chi connectivity index (χ3n) is 3.27. The predicted octanol–water partition coefficient (Wildman–Crippen LogP) is 2.92. The number of hydrogen-bond donors (Lipinski definition) is 2. The second kappa shape index (κ2) is 6.50. The van der Waals surface area contributed by atoms with Gasteiger partial charge in [0, 0.05) is 32.6 Å². The van der Waals surface area contributed by atoms with E-state index in [1.165, 1.54) is 12.1 Å². The first kappa shape index (κ1) is 15.9. The first-order chi connectivity index (χ1) is 9.43. The van der Waals surface area contributed by atoms with Gasteiger partial charge in [0.1, 0.15) is 0 Å². The lowest BCUT2D eigenvalue weighted by molar-refractivity contribution is -0.0605. The van der Waals surface area contributed by atoms with Gasteiger partial charge in [0.25, 0.3) is 5.91 Å². The maximum absolute atomic E-state index is 12.1. The van der Waals surface area contributed by atoms with Crippen molar-refractivity contribution in [2.45, 2.75) is 18.4 Å². The van der Waals surface area contributed by atoms with Crippen molar-refractivity contribution in [2.75, 3.05) is 19.8 Å². The summed E-state index contributed by atoms with van der Waals surface area (Å²) in [4.78, 5) is 12.1. The van der Waals surface area contributed by atoms with E-state index in [1.54, 1.807) is 0 Å². The molecule has 7 heteroatoms. The summed E-state index contributed by atoms with van der Waals surface area (Å²) in [5.41, 5.74) is -0.831. The number of halogens is 3. The Kier molecular flexibility index (Phi) is 5.15. The lowest BCUT2D eigenvalue weighted by atomic mass is 9.94. The average Bonchev–Trinajstić information content (AvgIpc) is 2.42. The molecule has 0 aromatic heterocycles. The van der Waals surface area contributed by atoms with Crippen LogP contribution in [0.15, 0.2) is 12.1 Å². The number of carbonyl (C=O) groups excluding carboxylic acids is 1. The molecule has 0 spiro atoms. The van der Waals surface area contributed by atoms with E-state index in [2.05, 4.69) is 5.32 Å². The summed E-state index contributed by atoms with van der Waals surface area (Å²) in [5, 5.41) is 13.5. The highest BCUT2D eigenvalue weighted by molar-refractivity contribution is 6.46. The lowest BCUT2D eigenvalue weighted by Crippen LogP contribution is -2.46. The maximum Gasteiger partial charge on any atom is 0.254 e. The van der Waals surface area contributed by atoms with Crippen LogP contribution in [0.4, 0.5) is 0 Å². The molecule has 110 valence electrons. The molecule has 0 atom stereocenters. The molecule has 2 rings (SSSR count). The van der Waals surface area contributed by atoms with Gasteiger partial charge in [0.05, 0.1) is 26.2 Å². The molecule has 0 bridgehead atoms. The molecule has 1 fully saturated rings. The van der Waals surface area contributed by atoms with Gasteiger partial charge in [-0.1, -0.05) is 34.8 Å². The molecule has 0 radical (unpaired) electrons. The van der Waals surface area contributed by atoms with Crippen LogP contribution >= 0.6 is 34.8 Å². The lowest BCUT2D eigenvalue weighted by Gasteiger charge is -2.32. The molecular weight excluding hydrogens is 325 g/mol. The first-order valence-electron chi connectivity index (χ1n) is 6.15. The number of benzene rings is 1. The predicted molar refractivity (Wildman–Crippen MR) is 78.8 cm³/mol. The van der Waals surface area contributed by atoms with Crippen LogP contribution in [0.1, 0.15) is 23.2 Å². The molecule has 0 aliphatic carbocycles. The molecule has 1 saturated heterocycles. The maximum atomic E-state index is 12.1. The summed E-state index contributed by atoms with van der Waals surface area (Å²) in [6.07, 6.45) is 0.953. The van der Waals surface area contributed by atoms with Gasteiger partial charge in [-0.05, 0) is 12.1 Å². The van der Waals surface area contributed by atoms with Gasteiger partial charge in [-0.2, -0.15) is 0 Å². The molecule has 4 nitrogen and oxygen atoms in total. The molecule has 1 aromatic rings. The molecule has 1 aromatic carbocycles. The zero-order valence-electron chi connectivity index (χ0n) is 10.6. The Morgan fingerprint density at radius 2 is 1.85 bits per heavy atom. The van der Waals surface area contributed by atoms with Gasteiger partial charge < -0.3 is 15.2 Å². The summed E-state index contributed by atoms with van der Waals surface area (Å²) >= 11 is 17.8. The Hall–Kier alpha value is -0.520. The van der Waals surface area contributed by atoms with Crippen molar-refractivity contribution in [3.05, 3.63) is 32.8 Å². The number of ether oxygens (including phenoxy) is 1. The van der Waals surface area contributed by atoms with Crippen LogP contribution in [0.3, 0.4) is 0 Å². The number of hydrogen-bond acceptors (Lipinski definition) is 3. The Balaban J connectivity index is 2.07. The largest absolute Gasteiger partial charge is 0.388 e. The molecule has 1 heterocycles. The minimum Gasteiger partial charge on any atom is -0.388 e. The molecular formula is C13H14Cl3NO3. The van der Waals surface area contributed by atoms with Crippen molar-refractivity contribution >= 4 is 40.7 Å². The van der Waals surface area contributed by atoms with Crippen LogP contribution < -0.4 is 5.32 Å². The Labute approximate surface area is 132 Å². The van der Waals surface area contributed by atoms with Crippen molar-refractivity contribution in [3.8, 4) is 0 Å². The quantitative estimate of drug-likeness (QED) is 0.833. The van der Waals surface area contributed by atoms with Crippen LogP contribution in [-0.2, 0) is 4.74 Å². The standard InChI is InChI=1S/C13H14Cl3NO3/c14-8-1-2-9(15)11(16)10(8)12(18)17-7-13(19)3-5-20-6-4-13/h1-2,19H,3-7H2,(H,17,18). The Morgan fingerprint density at radius 3 is 2.50 bits per heavy atom. The van der Waals surface area contributed by atoms with Gasteiger partial charge in [-0.3, -0.25) is 4.79 Å². The smallest absolute Gasteiger partial charge is 0.254 e. The average molecular weight is 339 g/mol. The molecule has 1 aliphatic rings. The van der Waals surface area contributed by atoms with E-state index in [0.717, 1.165) is 0 Å². The first-order valence-corrected chi connectivity index (χ1v) is 7.28. The second-order valence-corrected chi connectivity index (χ2v) is 5.93. The van der Waals surface area contributed by atoms with Gasteiger partial charge in [0.2, 0.25) is 0 Å². The topological polar surface area (TPSA) is 58.6 Å². The number of aliphatic hydroxyl groups is 1. The summed E-state index contributed by atoms with van der Waals surface area (Å²) in [6.45, 7) is 1.07. The Bertz CT molecular complexity index is 516. The van der Waals surface area contributed by atoms with Gasteiger partial charge in [-0.25, -0.2) is 0 Å². The SMILES string of the molecule is O=C(NCC1(O)CCOCC1)c1c(Cl)ccc(Cl)c1Cl. The van der Waals surface area contributed by atoms with Crippen LogP contribution in [0.2, 0.25) is 15.1 Å². The Morgan fingerprint density at radius 1 is 1.25 bits per heavy atom. The zero-order chi connectivity index (χ0) is 14.8. The normalized spacial score (nSPS) is 17.8. The second-order valence-electron chi connectivity index (χ2n) is 4.74. The number of rotatable bonds is 3. The summed E-state index contributed by atoms with van der Waals surface area (Å²) in [6, 6.07) is 3.03. The number of amides is 1. The summed E-state index contributed by atoms with van der Waals surface area (Å²) in [5.74, 6) is -0.456. The fourth-order valence-electron chi connectivity index (χ4n) is 2.00. The summed E-state index contributed by atoms with van der Waals surface area (Å²) < 4.78 is 5.18. The minimum absolute atomic E-state index is 0.107. The van der Waals surface area contributed by atoms with E-state index < -0.39 is 11.5 Å². The van der Waals surface area contributed by atoms with E-state index in [1.807, 2.05) is 0 Å². The highest BCUT2D eigenvalue weighted by Gasteiger charge is 2.30. The molecule has 1 amide bonds. The monoisotopic (exact) mass is 337 g/mol. The highest BCUT2D eigenvalue weighted by atomic mass is 35.5.